The highest BCUT2D eigenvalue weighted by molar-refractivity contribution is 6.76. The Hall–Kier alpha value is -1.80. The Morgan fingerprint density at radius 1 is 1.29 bits per heavy atom. The minimum atomic E-state index is -4.51. The molecule has 132 valence electrons. The summed E-state index contributed by atoms with van der Waals surface area (Å²) in [5.41, 5.74) is -0.642. The fraction of sp³-hybridized carbons (Fsp3) is 0.438. The minimum Gasteiger partial charge on any atom is -0.478 e. The minimum absolute atomic E-state index is 0.0266. The van der Waals surface area contributed by atoms with E-state index in [2.05, 4.69) is 19.6 Å². The molecule has 0 saturated carbocycles. The molecular formula is C16H20F3NO3Si. The lowest BCUT2D eigenvalue weighted by Crippen LogP contribution is -2.22. The molecule has 0 saturated heterocycles. The van der Waals surface area contributed by atoms with Gasteiger partial charge in [0.05, 0.1) is 16.6 Å². The summed E-state index contributed by atoms with van der Waals surface area (Å²) in [4.78, 5) is 11.1. The predicted molar refractivity (Wildman–Crippen MR) is 88.0 cm³/mol. The number of aromatic carboxylic acids is 1. The van der Waals surface area contributed by atoms with Crippen LogP contribution in [0.25, 0.3) is 10.9 Å². The fourth-order valence-corrected chi connectivity index (χ4v) is 3.06. The first-order valence-electron chi connectivity index (χ1n) is 7.50. The van der Waals surface area contributed by atoms with Crippen molar-refractivity contribution in [2.45, 2.75) is 38.6 Å². The molecule has 0 radical (unpaired) electrons. The van der Waals surface area contributed by atoms with Crippen molar-refractivity contribution in [3.63, 3.8) is 0 Å². The lowest BCUT2D eigenvalue weighted by Gasteiger charge is -2.15. The zero-order valence-corrected chi connectivity index (χ0v) is 14.8. The molecule has 2 rings (SSSR count). The number of nitrogens with zero attached hydrogens (tertiary/aromatic N) is 1. The lowest BCUT2D eigenvalue weighted by molar-refractivity contribution is -0.136. The second-order valence-electron chi connectivity index (χ2n) is 6.90. The van der Waals surface area contributed by atoms with Crippen molar-refractivity contribution in [1.29, 1.82) is 0 Å². The average Bonchev–Trinajstić information content (AvgIpc) is 2.80. The normalized spacial score (nSPS) is 12.8. The van der Waals surface area contributed by atoms with Gasteiger partial charge in [0.1, 0.15) is 6.73 Å². The molecule has 2 aromatic rings. The second kappa shape index (κ2) is 6.60. The molecule has 1 heterocycles. The molecule has 1 N–H and O–H groups in total. The van der Waals surface area contributed by atoms with Gasteiger partial charge in [-0.3, -0.25) is 0 Å². The van der Waals surface area contributed by atoms with E-state index in [1.807, 2.05) is 0 Å². The first kappa shape index (κ1) is 18.5. The van der Waals surface area contributed by atoms with Crippen molar-refractivity contribution in [2.75, 3.05) is 6.61 Å². The number of rotatable bonds is 6. The standard InChI is InChI=1S/C16H20F3NO3Si/c1-24(2,3)7-6-23-10-20-9-13(16(17,18)19)12-5-4-11(15(21)22)8-14(12)20/h4-5,8-9H,6-7,10H2,1-3H3,(H,21,22). The summed E-state index contributed by atoms with van der Waals surface area (Å²) in [6.07, 6.45) is -3.53. The van der Waals surface area contributed by atoms with E-state index in [4.69, 9.17) is 9.84 Å². The van der Waals surface area contributed by atoms with Crippen LogP contribution in [0.2, 0.25) is 25.7 Å². The molecule has 24 heavy (non-hydrogen) atoms. The van der Waals surface area contributed by atoms with Crippen molar-refractivity contribution >= 4 is 24.9 Å². The number of carboxylic acids is 1. The average molecular weight is 359 g/mol. The first-order valence-corrected chi connectivity index (χ1v) is 11.2. The van der Waals surface area contributed by atoms with Crippen molar-refractivity contribution in [1.82, 2.24) is 4.57 Å². The maximum Gasteiger partial charge on any atom is 0.418 e. The number of halogens is 3. The Bertz CT molecular complexity index is 747. The number of aromatic nitrogens is 1. The van der Waals surface area contributed by atoms with E-state index >= 15 is 0 Å². The van der Waals surface area contributed by atoms with Gasteiger partial charge in [-0.05, 0) is 18.2 Å². The van der Waals surface area contributed by atoms with Crippen LogP contribution in [0.4, 0.5) is 13.2 Å². The molecule has 0 unspecified atom stereocenters. The number of carboxylic acid groups (broad SMARTS) is 1. The van der Waals surface area contributed by atoms with Crippen LogP contribution in [0.15, 0.2) is 24.4 Å². The molecular weight excluding hydrogens is 339 g/mol. The van der Waals surface area contributed by atoms with Gasteiger partial charge in [0.25, 0.3) is 0 Å². The number of hydrogen-bond acceptors (Lipinski definition) is 2. The number of alkyl halides is 3. The summed E-state index contributed by atoms with van der Waals surface area (Å²) < 4.78 is 46.3. The van der Waals surface area contributed by atoms with E-state index in [0.29, 0.717) is 6.61 Å². The maximum absolute atomic E-state index is 13.2. The second-order valence-corrected chi connectivity index (χ2v) is 12.5. The van der Waals surface area contributed by atoms with Crippen LogP contribution in [0, 0.1) is 0 Å². The smallest absolute Gasteiger partial charge is 0.418 e. The number of hydrogen-bond donors (Lipinski definition) is 1. The van der Waals surface area contributed by atoms with Crippen molar-refractivity contribution < 1.29 is 27.8 Å². The highest BCUT2D eigenvalue weighted by atomic mass is 28.3. The highest BCUT2D eigenvalue weighted by Gasteiger charge is 2.34. The van der Waals surface area contributed by atoms with Gasteiger partial charge in [0.15, 0.2) is 0 Å². The maximum atomic E-state index is 13.2. The van der Waals surface area contributed by atoms with Crippen LogP contribution in [0.3, 0.4) is 0 Å². The van der Waals surface area contributed by atoms with Gasteiger partial charge in [-0.15, -0.1) is 0 Å². The van der Waals surface area contributed by atoms with E-state index in [1.165, 1.54) is 22.8 Å². The SMILES string of the molecule is C[Si](C)(C)CCOCn1cc(C(F)(F)F)c2ccc(C(=O)O)cc21. The van der Waals surface area contributed by atoms with Crippen LogP contribution < -0.4 is 0 Å². The van der Waals surface area contributed by atoms with Gasteiger partial charge < -0.3 is 14.4 Å². The molecule has 1 aromatic carbocycles. The largest absolute Gasteiger partial charge is 0.478 e. The van der Waals surface area contributed by atoms with Crippen molar-refractivity contribution in [2.24, 2.45) is 0 Å². The highest BCUT2D eigenvalue weighted by Crippen LogP contribution is 2.36. The van der Waals surface area contributed by atoms with Crippen LogP contribution in [-0.2, 0) is 17.6 Å². The zero-order chi connectivity index (χ0) is 18.1. The molecule has 0 spiro atoms. The molecule has 0 aliphatic carbocycles. The summed E-state index contributed by atoms with van der Waals surface area (Å²) >= 11 is 0. The molecule has 0 amide bonds. The van der Waals surface area contributed by atoms with Gasteiger partial charge in [-0.2, -0.15) is 13.2 Å². The zero-order valence-electron chi connectivity index (χ0n) is 13.8. The summed E-state index contributed by atoms with van der Waals surface area (Å²) in [5, 5.41) is 9.02. The van der Waals surface area contributed by atoms with Gasteiger partial charge in [-0.1, -0.05) is 25.7 Å². The predicted octanol–water partition coefficient (Wildman–Crippen LogP) is 4.67. The number of fused-ring (bicyclic) bond motifs is 1. The van der Waals surface area contributed by atoms with Gasteiger partial charge >= 0.3 is 12.1 Å². The van der Waals surface area contributed by atoms with Crippen LogP contribution >= 0.6 is 0 Å². The summed E-state index contributed by atoms with van der Waals surface area (Å²) in [7, 11) is -1.29. The molecule has 4 nitrogen and oxygen atoms in total. The van der Waals surface area contributed by atoms with Crippen LogP contribution in [-0.4, -0.2) is 30.3 Å². The van der Waals surface area contributed by atoms with E-state index in [9.17, 15) is 18.0 Å². The first-order chi connectivity index (χ1) is 11.0. The quantitative estimate of drug-likeness (QED) is 0.602. The third-order valence-electron chi connectivity index (χ3n) is 3.66. The van der Waals surface area contributed by atoms with E-state index in [-0.39, 0.29) is 23.2 Å². The van der Waals surface area contributed by atoms with Crippen LogP contribution in [0.1, 0.15) is 15.9 Å². The third-order valence-corrected chi connectivity index (χ3v) is 5.37. The number of benzene rings is 1. The number of ether oxygens (including phenoxy) is 1. The number of carbonyl (C=O) groups is 1. The Morgan fingerprint density at radius 3 is 2.50 bits per heavy atom. The van der Waals surface area contributed by atoms with Crippen molar-refractivity contribution in [3.8, 4) is 0 Å². The summed E-state index contributed by atoms with van der Waals surface area (Å²) in [6.45, 7) is 6.97. The molecule has 8 heteroatoms. The summed E-state index contributed by atoms with van der Waals surface area (Å²) in [5.74, 6) is -1.18. The Balaban J connectivity index is 2.33. The van der Waals surface area contributed by atoms with E-state index in [0.717, 1.165) is 12.2 Å². The fourth-order valence-electron chi connectivity index (χ4n) is 2.30. The van der Waals surface area contributed by atoms with E-state index < -0.39 is 25.8 Å². The molecule has 0 atom stereocenters. The Morgan fingerprint density at radius 2 is 1.96 bits per heavy atom. The molecule has 0 aliphatic heterocycles. The van der Waals surface area contributed by atoms with E-state index in [1.54, 1.807) is 0 Å². The Labute approximate surface area is 138 Å². The van der Waals surface area contributed by atoms with Gasteiger partial charge in [0, 0.05) is 26.3 Å². The van der Waals surface area contributed by atoms with Gasteiger partial charge in [0.2, 0.25) is 0 Å². The monoisotopic (exact) mass is 359 g/mol. The van der Waals surface area contributed by atoms with Crippen LogP contribution in [0.5, 0.6) is 0 Å². The topological polar surface area (TPSA) is 51.5 Å². The van der Waals surface area contributed by atoms with Crippen molar-refractivity contribution in [3.05, 3.63) is 35.5 Å². The Kier molecular flexibility index (Phi) is 5.10. The van der Waals surface area contributed by atoms with Gasteiger partial charge in [-0.25, -0.2) is 4.79 Å². The molecule has 0 aliphatic rings. The third kappa shape index (κ3) is 4.39. The molecule has 0 fully saturated rings. The summed E-state index contributed by atoms with van der Waals surface area (Å²) in [6, 6.07) is 4.52. The molecule has 0 bridgehead atoms. The molecule has 1 aromatic heterocycles. The lowest BCUT2D eigenvalue weighted by atomic mass is 10.1.